The first-order valence-corrected chi connectivity index (χ1v) is 7.79. The summed E-state index contributed by atoms with van der Waals surface area (Å²) >= 11 is 5.10. The lowest BCUT2D eigenvalue weighted by Gasteiger charge is -2.18. The molecule has 0 radical (unpaired) electrons. The molecule has 0 aliphatic carbocycles. The van der Waals surface area contributed by atoms with Gasteiger partial charge in [-0.05, 0) is 54.7 Å². The number of amides is 1. The van der Waals surface area contributed by atoms with Crippen LogP contribution in [0.4, 0.5) is 5.69 Å². The molecule has 0 aromatic heterocycles. The lowest BCUT2D eigenvalue weighted by molar-refractivity contribution is 0.0696. The van der Waals surface area contributed by atoms with Crippen LogP contribution in [0.2, 0.25) is 0 Å². The smallest absolute Gasteiger partial charge is 0.335 e. The topological polar surface area (TPSA) is 96.9 Å². The molecule has 0 fully saturated rings. The summed E-state index contributed by atoms with van der Waals surface area (Å²) in [6.45, 7) is 0.914. The van der Waals surface area contributed by atoms with Gasteiger partial charge in [0.05, 0.1) is 5.56 Å². The van der Waals surface area contributed by atoms with Crippen molar-refractivity contribution in [2.45, 2.75) is 0 Å². The molecule has 7 nitrogen and oxygen atoms in total. The number of rotatable bonds is 3. The Labute approximate surface area is 148 Å². The zero-order valence-corrected chi connectivity index (χ0v) is 13.8. The minimum Gasteiger partial charge on any atom is -0.486 e. The number of thiocarbonyl (C=S) groups is 1. The molecule has 8 heteroatoms. The van der Waals surface area contributed by atoms with Crippen LogP contribution in [0, 0.1) is 0 Å². The van der Waals surface area contributed by atoms with Crippen LogP contribution in [0.25, 0.3) is 0 Å². The average molecular weight is 358 g/mol. The van der Waals surface area contributed by atoms with Gasteiger partial charge in [0.1, 0.15) is 13.2 Å². The molecular weight excluding hydrogens is 344 g/mol. The summed E-state index contributed by atoms with van der Waals surface area (Å²) in [5.74, 6) is -0.290. The van der Waals surface area contributed by atoms with Crippen molar-refractivity contribution >= 4 is 34.9 Å². The first-order valence-electron chi connectivity index (χ1n) is 7.38. The molecule has 2 aromatic rings. The third-order valence-electron chi connectivity index (χ3n) is 3.42. The van der Waals surface area contributed by atoms with E-state index in [1.807, 2.05) is 0 Å². The molecule has 0 saturated carbocycles. The van der Waals surface area contributed by atoms with Crippen LogP contribution in [-0.2, 0) is 0 Å². The van der Waals surface area contributed by atoms with Crippen molar-refractivity contribution in [3.8, 4) is 11.5 Å². The Morgan fingerprint density at radius 1 is 0.960 bits per heavy atom. The van der Waals surface area contributed by atoms with Gasteiger partial charge in [-0.2, -0.15) is 0 Å². The van der Waals surface area contributed by atoms with Gasteiger partial charge in [-0.25, -0.2) is 4.79 Å². The molecule has 0 saturated heterocycles. The molecule has 1 heterocycles. The van der Waals surface area contributed by atoms with Gasteiger partial charge in [0, 0.05) is 11.3 Å². The van der Waals surface area contributed by atoms with Gasteiger partial charge in [0.15, 0.2) is 16.6 Å². The van der Waals surface area contributed by atoms with Gasteiger partial charge in [-0.1, -0.05) is 0 Å². The standard InChI is InChI=1S/C17H14N2O5S/c20-15(11-3-6-13-14(9-11)24-8-7-23-13)19-17(25)18-12-4-1-10(2-5-12)16(21)22/h1-6,9H,7-8H2,(H,21,22)(H2,18,19,20,25). The number of nitrogens with one attached hydrogen (secondary N) is 2. The molecular formula is C17H14N2O5S. The number of carboxylic acid groups (broad SMARTS) is 1. The van der Waals surface area contributed by atoms with Crippen LogP contribution in [0.15, 0.2) is 42.5 Å². The second-order valence-corrected chi connectivity index (χ2v) is 5.56. The summed E-state index contributed by atoms with van der Waals surface area (Å²) in [6.07, 6.45) is 0. The van der Waals surface area contributed by atoms with Crippen LogP contribution in [0.5, 0.6) is 11.5 Å². The molecule has 128 valence electrons. The van der Waals surface area contributed by atoms with Gasteiger partial charge in [0.2, 0.25) is 0 Å². The molecule has 0 spiro atoms. The number of anilines is 1. The van der Waals surface area contributed by atoms with E-state index in [0.29, 0.717) is 36.0 Å². The summed E-state index contributed by atoms with van der Waals surface area (Å²) < 4.78 is 10.9. The van der Waals surface area contributed by atoms with Crippen molar-refractivity contribution in [1.29, 1.82) is 0 Å². The summed E-state index contributed by atoms with van der Waals surface area (Å²) in [5, 5.41) is 14.3. The maximum Gasteiger partial charge on any atom is 0.335 e. The number of ether oxygens (including phenoxy) is 2. The van der Waals surface area contributed by atoms with Crippen molar-refractivity contribution in [2.75, 3.05) is 18.5 Å². The third-order valence-corrected chi connectivity index (χ3v) is 3.63. The molecule has 1 aliphatic heterocycles. The van der Waals surface area contributed by atoms with E-state index in [9.17, 15) is 9.59 Å². The SMILES string of the molecule is O=C(O)c1ccc(NC(=S)NC(=O)c2ccc3c(c2)OCCO3)cc1. The fourth-order valence-corrected chi connectivity index (χ4v) is 2.43. The number of hydrogen-bond acceptors (Lipinski definition) is 5. The Kier molecular flexibility index (Phi) is 4.80. The van der Waals surface area contributed by atoms with E-state index >= 15 is 0 Å². The summed E-state index contributed by atoms with van der Waals surface area (Å²) in [5.41, 5.74) is 1.11. The Bertz CT molecular complexity index is 835. The van der Waals surface area contributed by atoms with E-state index in [4.69, 9.17) is 26.8 Å². The van der Waals surface area contributed by atoms with Gasteiger partial charge in [-0.15, -0.1) is 0 Å². The number of carbonyl (C=O) groups is 2. The molecule has 1 amide bonds. The van der Waals surface area contributed by atoms with Gasteiger partial charge in [0.25, 0.3) is 5.91 Å². The van der Waals surface area contributed by atoms with E-state index in [0.717, 1.165) is 0 Å². The number of hydrogen-bond donors (Lipinski definition) is 3. The van der Waals surface area contributed by atoms with E-state index in [1.165, 1.54) is 12.1 Å². The number of aromatic carboxylic acids is 1. The van der Waals surface area contributed by atoms with Crippen molar-refractivity contribution in [2.24, 2.45) is 0 Å². The van der Waals surface area contributed by atoms with Crippen molar-refractivity contribution in [3.05, 3.63) is 53.6 Å². The molecule has 3 rings (SSSR count). The number of carboxylic acids is 1. The number of fused-ring (bicyclic) bond motifs is 1. The van der Waals surface area contributed by atoms with E-state index in [2.05, 4.69) is 10.6 Å². The fourth-order valence-electron chi connectivity index (χ4n) is 2.22. The molecule has 3 N–H and O–H groups in total. The van der Waals surface area contributed by atoms with Crippen molar-refractivity contribution in [3.63, 3.8) is 0 Å². The Hall–Kier alpha value is -3.13. The summed E-state index contributed by atoms with van der Waals surface area (Å²) in [6, 6.07) is 10.9. The average Bonchev–Trinajstić information content (AvgIpc) is 2.61. The highest BCUT2D eigenvalue weighted by molar-refractivity contribution is 7.80. The normalized spacial score (nSPS) is 12.2. The zero-order chi connectivity index (χ0) is 17.8. The van der Waals surface area contributed by atoms with Gasteiger partial charge in [-0.3, -0.25) is 10.1 Å². The zero-order valence-electron chi connectivity index (χ0n) is 12.9. The highest BCUT2D eigenvalue weighted by atomic mass is 32.1. The molecule has 1 aliphatic rings. The monoisotopic (exact) mass is 358 g/mol. The maximum absolute atomic E-state index is 12.3. The lowest BCUT2D eigenvalue weighted by Crippen LogP contribution is -2.34. The van der Waals surface area contributed by atoms with Gasteiger partial charge < -0.3 is 19.9 Å². The fraction of sp³-hybridized carbons (Fsp3) is 0.118. The minimum absolute atomic E-state index is 0.1000. The summed E-state index contributed by atoms with van der Waals surface area (Å²) in [4.78, 5) is 23.1. The van der Waals surface area contributed by atoms with Crippen LogP contribution in [0.3, 0.4) is 0 Å². The van der Waals surface area contributed by atoms with Gasteiger partial charge >= 0.3 is 5.97 Å². The third kappa shape index (κ3) is 4.04. The molecule has 0 bridgehead atoms. The van der Waals surface area contributed by atoms with Crippen LogP contribution in [-0.4, -0.2) is 35.3 Å². The molecule has 2 aromatic carbocycles. The van der Waals surface area contributed by atoms with E-state index in [1.54, 1.807) is 30.3 Å². The Morgan fingerprint density at radius 2 is 1.60 bits per heavy atom. The summed E-state index contributed by atoms with van der Waals surface area (Å²) in [7, 11) is 0. The van der Waals surface area contributed by atoms with E-state index in [-0.39, 0.29) is 10.7 Å². The quantitative estimate of drug-likeness (QED) is 0.724. The van der Waals surface area contributed by atoms with Crippen molar-refractivity contribution in [1.82, 2.24) is 5.32 Å². The van der Waals surface area contributed by atoms with Crippen LogP contribution < -0.4 is 20.1 Å². The number of benzene rings is 2. The lowest BCUT2D eigenvalue weighted by atomic mass is 10.2. The molecule has 25 heavy (non-hydrogen) atoms. The van der Waals surface area contributed by atoms with Crippen LogP contribution in [0.1, 0.15) is 20.7 Å². The highest BCUT2D eigenvalue weighted by Crippen LogP contribution is 2.30. The second-order valence-electron chi connectivity index (χ2n) is 5.15. The van der Waals surface area contributed by atoms with E-state index < -0.39 is 11.9 Å². The molecule has 0 atom stereocenters. The molecule has 0 unspecified atom stereocenters. The first kappa shape index (κ1) is 16.7. The van der Waals surface area contributed by atoms with Crippen LogP contribution >= 0.6 is 12.2 Å². The predicted molar refractivity (Wildman–Crippen MR) is 94.5 cm³/mol. The highest BCUT2D eigenvalue weighted by Gasteiger charge is 2.15. The number of carbonyl (C=O) groups excluding carboxylic acids is 1. The minimum atomic E-state index is -1.01. The first-order chi connectivity index (χ1) is 12.0. The maximum atomic E-state index is 12.3. The predicted octanol–water partition coefficient (Wildman–Crippen LogP) is 2.28. The Balaban J connectivity index is 1.62. The van der Waals surface area contributed by atoms with Crippen molar-refractivity contribution < 1.29 is 24.2 Å². The second kappa shape index (κ2) is 7.18. The Morgan fingerprint density at radius 3 is 2.28 bits per heavy atom. The largest absolute Gasteiger partial charge is 0.486 e.